The molecule has 0 saturated carbocycles. The minimum Gasteiger partial charge on any atom is -0.426 e. The Hall–Kier alpha value is -1.44. The molecule has 4 radical (unpaired) electrons. The van der Waals surface area contributed by atoms with Crippen LogP contribution in [0.2, 0.25) is 0 Å². The van der Waals surface area contributed by atoms with E-state index in [2.05, 4.69) is 4.98 Å². The zero-order valence-electron chi connectivity index (χ0n) is 16.1. The lowest BCUT2D eigenvalue weighted by Crippen LogP contribution is -2.45. The molecule has 4 rings (SSSR count). The normalized spacial score (nSPS) is 24.1. The van der Waals surface area contributed by atoms with Crippen LogP contribution >= 0.6 is 20.8 Å². The summed E-state index contributed by atoms with van der Waals surface area (Å²) in [5.41, 5.74) is 2.74. The highest BCUT2D eigenvalue weighted by molar-refractivity contribution is 7.71. The zero-order valence-corrected chi connectivity index (χ0v) is 17.8. The van der Waals surface area contributed by atoms with Gasteiger partial charge in [0.1, 0.15) is 32.3 Å². The summed E-state index contributed by atoms with van der Waals surface area (Å²) in [4.78, 5) is 14.7. The number of aryl methyl sites for hydroxylation is 2. The van der Waals surface area contributed by atoms with E-state index in [1.54, 1.807) is 12.3 Å². The first-order chi connectivity index (χ1) is 13.7. The number of nitrogens with one attached hydrogen (secondary N) is 1. The molecule has 3 heterocycles. The predicted molar refractivity (Wildman–Crippen MR) is 113 cm³/mol. The largest absolute Gasteiger partial charge is 0.426 e. The number of fused-ring (bicyclic) bond motifs is 1. The van der Waals surface area contributed by atoms with Crippen LogP contribution in [0.15, 0.2) is 29.2 Å². The molecule has 11 heteroatoms. The van der Waals surface area contributed by atoms with E-state index in [1.807, 2.05) is 26.0 Å². The van der Waals surface area contributed by atoms with Crippen molar-refractivity contribution >= 4 is 36.5 Å². The van der Waals surface area contributed by atoms with Gasteiger partial charge in [0.05, 0.1) is 12.7 Å². The third kappa shape index (κ3) is 4.37. The van der Waals surface area contributed by atoms with Crippen LogP contribution in [-0.4, -0.2) is 36.7 Å². The van der Waals surface area contributed by atoms with E-state index < -0.39 is 26.3 Å². The van der Waals surface area contributed by atoms with Gasteiger partial charge < -0.3 is 13.8 Å². The second kappa shape index (κ2) is 8.00. The first-order valence-electron chi connectivity index (χ1n) is 9.18. The van der Waals surface area contributed by atoms with Crippen molar-refractivity contribution in [1.82, 2.24) is 9.55 Å². The molecular weight excluding hydrogens is 409 g/mol. The van der Waals surface area contributed by atoms with Crippen LogP contribution in [0, 0.1) is 18.5 Å². The Balaban J connectivity index is 1.44. The Bertz CT molecular complexity index is 1040. The molecule has 0 bridgehead atoms. The van der Waals surface area contributed by atoms with E-state index in [9.17, 15) is 4.79 Å². The Kier molecular flexibility index (Phi) is 5.75. The molecule has 0 amide bonds. The highest BCUT2D eigenvalue weighted by atomic mass is 32.1. The molecule has 2 aromatic rings. The summed E-state index contributed by atoms with van der Waals surface area (Å²) in [6.07, 6.45) is 1.50. The number of ether oxygens (including phenoxy) is 1. The van der Waals surface area contributed by atoms with E-state index in [1.165, 1.54) is 4.57 Å². The van der Waals surface area contributed by atoms with Gasteiger partial charge in [-0.3, -0.25) is 14.1 Å². The maximum Gasteiger partial charge on any atom is 0.396 e. The molecule has 29 heavy (non-hydrogen) atoms. The molecule has 1 saturated heterocycles. The van der Waals surface area contributed by atoms with Crippen LogP contribution in [0.5, 0.6) is 5.75 Å². The summed E-state index contributed by atoms with van der Waals surface area (Å²) in [6, 6.07) is 5.67. The molecule has 0 spiro atoms. The summed E-state index contributed by atoms with van der Waals surface area (Å²) >= 11 is 4.96. The molecule has 2 aliphatic heterocycles. The lowest BCUT2D eigenvalue weighted by molar-refractivity contribution is -0.0469. The second-order valence-electron chi connectivity index (χ2n) is 7.28. The maximum atomic E-state index is 12.1. The average Bonchev–Trinajstić information content (AvgIpc) is 3.13. The minimum absolute atomic E-state index is 0.352. The lowest BCUT2D eigenvalue weighted by atomic mass is 9.61. The van der Waals surface area contributed by atoms with Gasteiger partial charge in [-0.2, -0.15) is 0 Å². The molecular formula is C18H19B2N2O5PS. The van der Waals surface area contributed by atoms with E-state index >= 15 is 0 Å². The third-order valence-electron chi connectivity index (χ3n) is 4.88. The van der Waals surface area contributed by atoms with Crippen molar-refractivity contribution in [3.8, 4) is 5.75 Å². The quantitative estimate of drug-likeness (QED) is 0.459. The van der Waals surface area contributed by atoms with Crippen LogP contribution in [0.25, 0.3) is 0 Å². The fourth-order valence-electron chi connectivity index (χ4n) is 3.55. The number of H-pyrrole nitrogens is 1. The summed E-state index contributed by atoms with van der Waals surface area (Å²) in [5, 5.41) is -1.64. The van der Waals surface area contributed by atoms with E-state index in [0.29, 0.717) is 24.1 Å². The van der Waals surface area contributed by atoms with Gasteiger partial charge in [0.25, 0.3) is 0 Å². The van der Waals surface area contributed by atoms with Gasteiger partial charge in [-0.15, -0.1) is 0 Å². The first-order valence-corrected chi connectivity index (χ1v) is 10.7. The van der Waals surface area contributed by atoms with Gasteiger partial charge in [-0.25, -0.2) is 4.79 Å². The predicted octanol–water partition coefficient (Wildman–Crippen LogP) is 3.04. The summed E-state index contributed by atoms with van der Waals surface area (Å²) in [7, 11) is 10.6. The Morgan fingerprint density at radius 1 is 1.34 bits per heavy atom. The smallest absolute Gasteiger partial charge is 0.396 e. The van der Waals surface area contributed by atoms with Crippen LogP contribution in [0.3, 0.4) is 0 Å². The van der Waals surface area contributed by atoms with E-state index in [0.717, 1.165) is 22.4 Å². The number of benzene rings is 1. The number of nitrogens with zero attached hydrogens (tertiary/aromatic N) is 1. The van der Waals surface area contributed by atoms with Crippen LogP contribution in [0.1, 0.15) is 35.8 Å². The van der Waals surface area contributed by atoms with Crippen molar-refractivity contribution in [2.24, 2.45) is 0 Å². The number of rotatable bonds is 4. The molecule has 1 aromatic carbocycles. The van der Waals surface area contributed by atoms with Crippen molar-refractivity contribution in [3.05, 3.63) is 56.2 Å². The number of hydrogen-bond acceptors (Lipinski definition) is 6. The summed E-state index contributed by atoms with van der Waals surface area (Å²) < 4.78 is 25.1. The van der Waals surface area contributed by atoms with Gasteiger partial charge in [0, 0.05) is 17.2 Å². The first kappa shape index (κ1) is 20.8. The monoisotopic (exact) mass is 428 g/mol. The van der Waals surface area contributed by atoms with Crippen LogP contribution in [-0.2, 0) is 20.4 Å². The number of aromatic nitrogens is 2. The van der Waals surface area contributed by atoms with Gasteiger partial charge in [-0.05, 0) is 38.3 Å². The number of hydrogen-bond donors (Lipinski definition) is 1. The summed E-state index contributed by atoms with van der Waals surface area (Å²) in [6.45, 7) is 4.34. The van der Waals surface area contributed by atoms with Crippen molar-refractivity contribution in [2.45, 2.75) is 51.0 Å². The number of aromatic amines is 1. The van der Waals surface area contributed by atoms with Crippen LogP contribution < -0.4 is 10.2 Å². The fourth-order valence-corrected chi connectivity index (χ4v) is 4.87. The van der Waals surface area contributed by atoms with Crippen molar-refractivity contribution in [1.29, 1.82) is 0 Å². The third-order valence-corrected chi connectivity index (χ3v) is 6.26. The standard InChI is InChI=1S/C18H19B2N2O5PS/c1-10-7-11(2)16-12(8-10)9-24-28(26-16)27-18(19,20)13-3-4-15(25-13)22-6-5-14(29)21-17(22)23/h5-8,13,15H,3-4,9H2,1-2H3,(H,21,23,29). The minimum atomic E-state index is -1.79. The topological polar surface area (TPSA) is 74.7 Å². The molecule has 1 N–H and O–H groups in total. The van der Waals surface area contributed by atoms with Gasteiger partial charge in [0.2, 0.25) is 0 Å². The van der Waals surface area contributed by atoms with Gasteiger partial charge >= 0.3 is 14.3 Å². The highest BCUT2D eigenvalue weighted by Crippen LogP contribution is 2.51. The van der Waals surface area contributed by atoms with Crippen molar-refractivity contribution < 1.29 is 18.3 Å². The molecule has 148 valence electrons. The summed E-state index contributed by atoms with van der Waals surface area (Å²) in [5.74, 6) is 0.736. The SMILES string of the molecule is [B]C([B])(OP1OCc2cc(C)cc(C)c2O1)C1CCC(n2ccc(=S)[nH]c2=O)O1. The lowest BCUT2D eigenvalue weighted by Gasteiger charge is -2.36. The van der Waals surface area contributed by atoms with Crippen LogP contribution in [0.4, 0.5) is 0 Å². The van der Waals surface area contributed by atoms with Crippen molar-refractivity contribution in [2.75, 3.05) is 0 Å². The highest BCUT2D eigenvalue weighted by Gasteiger charge is 2.41. The zero-order chi connectivity index (χ0) is 20.8. The Morgan fingerprint density at radius 3 is 2.90 bits per heavy atom. The maximum absolute atomic E-state index is 12.1. The molecule has 1 aromatic heterocycles. The molecule has 3 unspecified atom stereocenters. The molecule has 1 fully saturated rings. The van der Waals surface area contributed by atoms with Gasteiger partial charge in [-0.1, -0.05) is 29.9 Å². The van der Waals surface area contributed by atoms with Crippen molar-refractivity contribution in [3.63, 3.8) is 0 Å². The molecule has 7 nitrogen and oxygen atoms in total. The Labute approximate surface area is 177 Å². The average molecular weight is 428 g/mol. The van der Waals surface area contributed by atoms with Gasteiger partial charge in [0.15, 0.2) is 0 Å². The molecule has 0 aliphatic carbocycles. The second-order valence-corrected chi connectivity index (χ2v) is 8.79. The van der Waals surface area contributed by atoms with E-state index in [-0.39, 0.29) is 5.69 Å². The molecule has 3 atom stereocenters. The fraction of sp³-hybridized carbons (Fsp3) is 0.444. The van der Waals surface area contributed by atoms with E-state index in [4.69, 9.17) is 46.2 Å². The molecule has 2 aliphatic rings. The Morgan fingerprint density at radius 2 is 2.14 bits per heavy atom.